The molecule has 0 radical (unpaired) electrons. The van der Waals surface area contributed by atoms with Gasteiger partial charge in [0.2, 0.25) is 0 Å². The molecule has 1 aliphatic rings. The average molecular weight is 548 g/mol. The van der Waals surface area contributed by atoms with E-state index in [1.54, 1.807) is 42.6 Å². The molecule has 8 heteroatoms. The van der Waals surface area contributed by atoms with Crippen LogP contribution in [0.3, 0.4) is 0 Å². The van der Waals surface area contributed by atoms with Crippen LogP contribution in [-0.2, 0) is 23.2 Å². The summed E-state index contributed by atoms with van der Waals surface area (Å²) >= 11 is 0. The zero-order chi connectivity index (χ0) is 27.5. The number of rotatable bonds is 8. The van der Waals surface area contributed by atoms with Crippen molar-refractivity contribution in [1.29, 1.82) is 0 Å². The molecule has 0 bridgehead atoms. The smallest absolute Gasteiger partial charge is 0.271 e. The minimum atomic E-state index is -3.65. The van der Waals surface area contributed by atoms with Crippen LogP contribution in [0.25, 0.3) is 10.8 Å². The number of carbonyl (C=O) groups excluding carboxylic acids is 1. The second-order valence-corrected chi connectivity index (χ2v) is 11.2. The molecular formula is C32H25N3O4S. The number of carbonyl (C=O) groups is 1. The van der Waals surface area contributed by atoms with Gasteiger partial charge in [-0.25, -0.2) is 13.8 Å². The number of hydrazone groups is 1. The van der Waals surface area contributed by atoms with Gasteiger partial charge in [0.15, 0.2) is 0 Å². The second kappa shape index (κ2) is 10.7. The summed E-state index contributed by atoms with van der Waals surface area (Å²) < 4.78 is 33.7. The lowest BCUT2D eigenvalue weighted by atomic mass is 10.1. The van der Waals surface area contributed by atoms with Gasteiger partial charge in [-0.15, -0.1) is 0 Å². The van der Waals surface area contributed by atoms with E-state index >= 15 is 0 Å². The predicted octanol–water partition coefficient (Wildman–Crippen LogP) is 5.89. The molecule has 6 rings (SSSR count). The topological polar surface area (TPSA) is 88.1 Å². The molecule has 0 atom stereocenters. The molecule has 1 N–H and O–H groups in total. The molecule has 7 nitrogen and oxygen atoms in total. The molecule has 1 heterocycles. The molecule has 5 aromatic carbocycles. The van der Waals surface area contributed by atoms with Crippen molar-refractivity contribution in [1.82, 2.24) is 5.43 Å². The van der Waals surface area contributed by atoms with Gasteiger partial charge in [-0.1, -0.05) is 66.7 Å². The van der Waals surface area contributed by atoms with E-state index in [-0.39, 0.29) is 12.5 Å². The Hall–Kier alpha value is -4.95. The van der Waals surface area contributed by atoms with Crippen LogP contribution in [0.2, 0.25) is 0 Å². The fourth-order valence-corrected chi connectivity index (χ4v) is 6.38. The minimum Gasteiger partial charge on any atom is -0.489 e. The number of nitrogens with one attached hydrogen (secondary N) is 1. The molecule has 0 unspecified atom stereocenters. The third-order valence-corrected chi connectivity index (χ3v) is 8.53. The fraction of sp³-hybridized carbons (Fsp3) is 0.0625. The van der Waals surface area contributed by atoms with E-state index < -0.39 is 10.0 Å². The minimum absolute atomic E-state index is 0.168. The molecule has 0 saturated heterocycles. The van der Waals surface area contributed by atoms with Crippen molar-refractivity contribution >= 4 is 38.6 Å². The van der Waals surface area contributed by atoms with E-state index in [1.165, 1.54) is 4.31 Å². The molecule has 0 aliphatic carbocycles. The quantitative estimate of drug-likeness (QED) is 0.194. The van der Waals surface area contributed by atoms with E-state index in [4.69, 9.17) is 4.74 Å². The molecule has 0 spiro atoms. The van der Waals surface area contributed by atoms with Crippen molar-refractivity contribution in [2.45, 2.75) is 18.0 Å². The highest BCUT2D eigenvalue weighted by Gasteiger charge is 2.35. The molecule has 40 heavy (non-hydrogen) atoms. The molecule has 198 valence electrons. The van der Waals surface area contributed by atoms with Gasteiger partial charge in [-0.3, -0.25) is 9.10 Å². The third kappa shape index (κ3) is 5.04. The van der Waals surface area contributed by atoms with Crippen molar-refractivity contribution < 1.29 is 17.9 Å². The van der Waals surface area contributed by atoms with Crippen molar-refractivity contribution in [2.24, 2.45) is 5.10 Å². The van der Waals surface area contributed by atoms with Crippen LogP contribution in [0, 0.1) is 0 Å². The summed E-state index contributed by atoms with van der Waals surface area (Å²) in [5.41, 5.74) is 6.28. The van der Waals surface area contributed by atoms with Crippen molar-refractivity contribution in [3.63, 3.8) is 0 Å². The molecule has 0 saturated carbocycles. The molecule has 0 aromatic heterocycles. The fourth-order valence-electron chi connectivity index (χ4n) is 4.68. The van der Waals surface area contributed by atoms with Crippen molar-refractivity contribution in [2.75, 3.05) is 4.31 Å². The molecule has 1 amide bonds. The van der Waals surface area contributed by atoms with Gasteiger partial charge in [-0.2, -0.15) is 5.10 Å². The van der Waals surface area contributed by atoms with Gasteiger partial charge in [0.1, 0.15) is 12.4 Å². The normalized spacial score (nSPS) is 13.6. The van der Waals surface area contributed by atoms with Gasteiger partial charge in [0.25, 0.3) is 15.9 Å². The van der Waals surface area contributed by atoms with E-state index in [0.717, 1.165) is 33.2 Å². The van der Waals surface area contributed by atoms with Gasteiger partial charge < -0.3 is 4.74 Å². The Bertz CT molecular complexity index is 1810. The van der Waals surface area contributed by atoms with E-state index in [1.807, 2.05) is 78.9 Å². The Morgan fingerprint density at radius 2 is 1.52 bits per heavy atom. The van der Waals surface area contributed by atoms with Crippen LogP contribution < -0.4 is 14.5 Å². The Morgan fingerprint density at radius 3 is 2.27 bits per heavy atom. The Balaban J connectivity index is 1.06. The van der Waals surface area contributed by atoms with E-state index in [9.17, 15) is 13.2 Å². The molecule has 0 fully saturated rings. The number of hydrogen-bond donors (Lipinski definition) is 1. The van der Waals surface area contributed by atoms with Gasteiger partial charge >= 0.3 is 0 Å². The van der Waals surface area contributed by atoms with Crippen LogP contribution in [0.1, 0.15) is 27.0 Å². The van der Waals surface area contributed by atoms with Crippen LogP contribution in [0.15, 0.2) is 125 Å². The lowest BCUT2D eigenvalue weighted by molar-refractivity contribution is 0.0955. The van der Waals surface area contributed by atoms with E-state index in [2.05, 4.69) is 10.5 Å². The summed E-state index contributed by atoms with van der Waals surface area (Å²) in [5.74, 6) is 0.379. The van der Waals surface area contributed by atoms with Crippen LogP contribution in [0.5, 0.6) is 5.75 Å². The summed E-state index contributed by atoms with van der Waals surface area (Å²) in [7, 11) is -3.65. The first-order valence-corrected chi connectivity index (χ1v) is 14.2. The first-order valence-electron chi connectivity index (χ1n) is 12.7. The number of anilines is 1. The summed E-state index contributed by atoms with van der Waals surface area (Å²) in [4.78, 5) is 12.9. The van der Waals surface area contributed by atoms with Gasteiger partial charge in [0, 0.05) is 10.9 Å². The molecular weight excluding hydrogens is 522 g/mol. The summed E-state index contributed by atoms with van der Waals surface area (Å²) in [5, 5.41) is 5.69. The van der Waals surface area contributed by atoms with Crippen LogP contribution >= 0.6 is 0 Å². The maximum atomic E-state index is 13.2. The number of nitrogens with zero attached hydrogens (tertiary/aromatic N) is 2. The number of benzene rings is 5. The lowest BCUT2D eigenvalue weighted by Gasteiger charge is -2.19. The van der Waals surface area contributed by atoms with Crippen LogP contribution in [0.4, 0.5) is 5.69 Å². The highest BCUT2D eigenvalue weighted by Crippen LogP contribution is 2.42. The Morgan fingerprint density at radius 1 is 0.800 bits per heavy atom. The zero-order valence-corrected chi connectivity index (χ0v) is 22.2. The van der Waals surface area contributed by atoms with Crippen LogP contribution in [-0.4, -0.2) is 20.5 Å². The Labute approximate surface area is 232 Å². The number of amides is 1. The molecule has 5 aromatic rings. The average Bonchev–Trinajstić information content (AvgIpc) is 3.20. The highest BCUT2D eigenvalue weighted by molar-refractivity contribution is 7.93. The maximum Gasteiger partial charge on any atom is 0.271 e. The predicted molar refractivity (Wildman–Crippen MR) is 156 cm³/mol. The first-order chi connectivity index (χ1) is 19.5. The van der Waals surface area contributed by atoms with Crippen molar-refractivity contribution in [3.8, 4) is 5.75 Å². The monoisotopic (exact) mass is 547 g/mol. The summed E-state index contributed by atoms with van der Waals surface area (Å²) in [6, 6.07) is 35.1. The van der Waals surface area contributed by atoms with Crippen molar-refractivity contribution in [3.05, 3.63) is 138 Å². The third-order valence-electron chi connectivity index (χ3n) is 6.73. The maximum absolute atomic E-state index is 13.2. The zero-order valence-electron chi connectivity index (χ0n) is 21.4. The first kappa shape index (κ1) is 25.3. The second-order valence-electron chi connectivity index (χ2n) is 9.38. The largest absolute Gasteiger partial charge is 0.489 e. The summed E-state index contributed by atoms with van der Waals surface area (Å²) in [6.45, 7) is 0.655. The van der Waals surface area contributed by atoms with Gasteiger partial charge in [-0.05, 0) is 70.6 Å². The van der Waals surface area contributed by atoms with E-state index in [0.29, 0.717) is 22.8 Å². The Kier molecular flexibility index (Phi) is 6.76. The van der Waals surface area contributed by atoms with Gasteiger partial charge in [0.05, 0.1) is 23.3 Å². The lowest BCUT2D eigenvalue weighted by Crippen LogP contribution is -2.26. The standard InChI is InChI=1S/C32H25N3O4S/c36-32(34-33-20-23-14-18-28(19-15-23)39-22-25-6-2-1-3-7-25)27-16-12-24(13-17-27)21-35-29-10-4-8-26-9-5-11-30(31(26)29)40(35,37)38/h1-20H,21-22H2,(H,34,36). The number of ether oxygens (including phenoxy) is 1. The number of sulfonamides is 1. The SMILES string of the molecule is O=C(NN=Cc1ccc(OCc2ccccc2)cc1)c1ccc(CN2c3cccc4cccc(c34)S2(=O)=O)cc1. The highest BCUT2D eigenvalue weighted by atomic mass is 32.2. The number of hydrogen-bond acceptors (Lipinski definition) is 5. The molecule has 1 aliphatic heterocycles. The summed E-state index contributed by atoms with van der Waals surface area (Å²) in [6.07, 6.45) is 1.56.